The molecule has 0 unspecified atom stereocenters. The lowest BCUT2D eigenvalue weighted by Gasteiger charge is -2.44. The van der Waals surface area contributed by atoms with Crippen LogP contribution in [0.5, 0.6) is 0 Å². The highest BCUT2D eigenvalue weighted by molar-refractivity contribution is 6.32. The van der Waals surface area contributed by atoms with Gasteiger partial charge in [-0.05, 0) is 20.2 Å². The van der Waals surface area contributed by atoms with E-state index in [0.29, 0.717) is 24.8 Å². The van der Waals surface area contributed by atoms with Gasteiger partial charge in [0.25, 0.3) is 5.69 Å². The summed E-state index contributed by atoms with van der Waals surface area (Å²) in [5, 5.41) is 20.5. The molecule has 2 rings (SSSR count). The highest BCUT2D eigenvalue weighted by atomic mass is 35.5. The zero-order chi connectivity index (χ0) is 14.2. The Morgan fingerprint density at radius 3 is 2.63 bits per heavy atom. The van der Waals surface area contributed by atoms with Crippen molar-refractivity contribution in [2.45, 2.75) is 6.04 Å². The summed E-state index contributed by atoms with van der Waals surface area (Å²) in [6.45, 7) is 1.31. The Balaban J connectivity index is 2.41. The minimum absolute atomic E-state index is 0.0712. The maximum atomic E-state index is 11.1. The van der Waals surface area contributed by atoms with E-state index in [1.165, 1.54) is 12.1 Å². The van der Waals surface area contributed by atoms with E-state index in [4.69, 9.17) is 16.9 Å². The van der Waals surface area contributed by atoms with Crippen molar-refractivity contribution in [2.75, 3.05) is 32.1 Å². The molecular weight excluding hydrogens is 268 g/mol. The summed E-state index contributed by atoms with van der Waals surface area (Å²) in [4.78, 5) is 14.5. The quantitative estimate of drug-likeness (QED) is 0.624. The fourth-order valence-corrected chi connectivity index (χ4v) is 2.29. The lowest BCUT2D eigenvalue weighted by molar-refractivity contribution is -0.384. The van der Waals surface area contributed by atoms with Gasteiger partial charge in [0.1, 0.15) is 17.3 Å². The summed E-state index contributed by atoms with van der Waals surface area (Å²) in [7, 11) is 3.92. The van der Waals surface area contributed by atoms with E-state index >= 15 is 0 Å². The van der Waals surface area contributed by atoms with Crippen LogP contribution in [0.25, 0.3) is 0 Å². The Morgan fingerprint density at radius 2 is 2.16 bits per heavy atom. The number of halogens is 1. The smallest absolute Gasteiger partial charge is 0.294 e. The third-order valence-corrected chi connectivity index (χ3v) is 3.64. The van der Waals surface area contributed by atoms with E-state index in [9.17, 15) is 10.1 Å². The lowest BCUT2D eigenvalue weighted by atomic mass is 10.0. The molecule has 0 bridgehead atoms. The van der Waals surface area contributed by atoms with Crippen molar-refractivity contribution in [3.05, 3.63) is 32.8 Å². The fourth-order valence-electron chi connectivity index (χ4n) is 2.09. The topological polar surface area (TPSA) is 73.4 Å². The molecule has 1 aromatic rings. The standard InChI is InChI=1S/C12H13ClN4O2/c1-15(2)8-6-16(7-8)12-9(5-14)10(13)3-4-11(12)17(18)19/h3-4,8H,6-7H2,1-2H3. The molecule has 100 valence electrons. The van der Waals surface area contributed by atoms with Crippen LogP contribution >= 0.6 is 11.6 Å². The van der Waals surface area contributed by atoms with E-state index in [2.05, 4.69) is 4.90 Å². The van der Waals surface area contributed by atoms with E-state index in [1.807, 2.05) is 25.1 Å². The van der Waals surface area contributed by atoms with Gasteiger partial charge in [-0.2, -0.15) is 5.26 Å². The van der Waals surface area contributed by atoms with Crippen molar-refractivity contribution in [3.8, 4) is 6.07 Å². The molecule has 1 aliphatic heterocycles. The zero-order valence-electron chi connectivity index (χ0n) is 10.6. The van der Waals surface area contributed by atoms with Crippen molar-refractivity contribution in [1.82, 2.24) is 4.90 Å². The minimum atomic E-state index is -0.477. The van der Waals surface area contributed by atoms with Crippen LogP contribution in [-0.2, 0) is 0 Å². The molecule has 7 heteroatoms. The lowest BCUT2D eigenvalue weighted by Crippen LogP contribution is -2.57. The van der Waals surface area contributed by atoms with E-state index in [0.717, 1.165) is 0 Å². The van der Waals surface area contributed by atoms with Gasteiger partial charge in [0.2, 0.25) is 0 Å². The van der Waals surface area contributed by atoms with Gasteiger partial charge in [-0.15, -0.1) is 0 Å². The number of anilines is 1. The minimum Gasteiger partial charge on any atom is -0.362 e. The number of hydrogen-bond acceptors (Lipinski definition) is 5. The second-order valence-corrected chi connectivity index (χ2v) is 5.09. The summed E-state index contributed by atoms with van der Waals surface area (Å²) < 4.78 is 0. The third-order valence-electron chi connectivity index (χ3n) is 3.32. The first-order valence-corrected chi connectivity index (χ1v) is 6.12. The first kappa shape index (κ1) is 13.6. The van der Waals surface area contributed by atoms with Gasteiger partial charge in [-0.3, -0.25) is 10.1 Å². The van der Waals surface area contributed by atoms with Gasteiger partial charge >= 0.3 is 0 Å². The average Bonchev–Trinajstić information content (AvgIpc) is 2.26. The third kappa shape index (κ3) is 2.35. The average molecular weight is 281 g/mol. The number of nitriles is 1. The molecule has 0 radical (unpaired) electrons. The van der Waals surface area contributed by atoms with Crippen molar-refractivity contribution in [2.24, 2.45) is 0 Å². The molecule has 1 aliphatic rings. The molecule has 0 N–H and O–H groups in total. The Labute approximate surface area is 115 Å². The van der Waals surface area contributed by atoms with Gasteiger partial charge in [0.05, 0.1) is 9.95 Å². The van der Waals surface area contributed by atoms with Gasteiger partial charge in [0, 0.05) is 25.2 Å². The van der Waals surface area contributed by atoms with Gasteiger partial charge in [-0.1, -0.05) is 11.6 Å². The molecule has 0 aromatic heterocycles. The molecule has 1 aromatic carbocycles. The Morgan fingerprint density at radius 1 is 1.53 bits per heavy atom. The van der Waals surface area contributed by atoms with Gasteiger partial charge in [0.15, 0.2) is 0 Å². The van der Waals surface area contributed by atoms with E-state index in [1.54, 1.807) is 0 Å². The van der Waals surface area contributed by atoms with Crippen LogP contribution in [0.1, 0.15) is 5.56 Å². The van der Waals surface area contributed by atoms with Gasteiger partial charge in [-0.25, -0.2) is 0 Å². The molecule has 0 spiro atoms. The number of nitro benzene ring substituents is 1. The first-order chi connectivity index (χ1) is 8.95. The largest absolute Gasteiger partial charge is 0.362 e. The molecule has 1 saturated heterocycles. The maximum absolute atomic E-state index is 11.1. The van der Waals surface area contributed by atoms with Crippen LogP contribution in [0.4, 0.5) is 11.4 Å². The van der Waals surface area contributed by atoms with E-state index < -0.39 is 4.92 Å². The van der Waals surface area contributed by atoms with Crippen molar-refractivity contribution in [1.29, 1.82) is 5.26 Å². The first-order valence-electron chi connectivity index (χ1n) is 5.74. The zero-order valence-corrected chi connectivity index (χ0v) is 11.4. The number of nitro groups is 1. The Kier molecular flexibility index (Phi) is 3.60. The Hall–Kier alpha value is -1.84. The molecule has 0 amide bonds. The van der Waals surface area contributed by atoms with Crippen molar-refractivity contribution < 1.29 is 4.92 Å². The van der Waals surface area contributed by atoms with E-state index in [-0.39, 0.29) is 16.3 Å². The summed E-state index contributed by atoms with van der Waals surface area (Å²) in [6.07, 6.45) is 0. The molecule has 1 heterocycles. The van der Waals surface area contributed by atoms with Crippen LogP contribution in [0, 0.1) is 21.4 Å². The van der Waals surface area contributed by atoms with Crippen LogP contribution in [0.3, 0.4) is 0 Å². The molecule has 0 atom stereocenters. The molecule has 0 aliphatic carbocycles. The monoisotopic (exact) mass is 280 g/mol. The molecular formula is C12H13ClN4O2. The molecule has 0 saturated carbocycles. The van der Waals surface area contributed by atoms with Crippen LogP contribution in [0.15, 0.2) is 12.1 Å². The number of likely N-dealkylation sites (N-methyl/N-ethyl adjacent to an activating group) is 1. The molecule has 6 nitrogen and oxygen atoms in total. The predicted molar refractivity (Wildman–Crippen MR) is 72.5 cm³/mol. The summed E-state index contributed by atoms with van der Waals surface area (Å²) in [6, 6.07) is 5.04. The number of rotatable bonds is 3. The van der Waals surface area contributed by atoms with Crippen LogP contribution < -0.4 is 4.90 Å². The van der Waals surface area contributed by atoms with Crippen molar-refractivity contribution in [3.63, 3.8) is 0 Å². The van der Waals surface area contributed by atoms with Crippen molar-refractivity contribution >= 4 is 23.0 Å². The molecule has 1 fully saturated rings. The summed E-state index contributed by atoms with van der Waals surface area (Å²) in [5.41, 5.74) is 0.435. The second kappa shape index (κ2) is 5.03. The maximum Gasteiger partial charge on any atom is 0.294 e. The molecule has 19 heavy (non-hydrogen) atoms. The Bertz CT molecular complexity index is 562. The summed E-state index contributed by atoms with van der Waals surface area (Å²) >= 11 is 5.95. The van der Waals surface area contributed by atoms with Crippen LogP contribution in [-0.4, -0.2) is 43.0 Å². The SMILES string of the molecule is CN(C)C1CN(c2c([N+](=O)[O-])ccc(Cl)c2C#N)C1. The predicted octanol–water partition coefficient (Wildman–Crippen LogP) is 1.87. The number of benzene rings is 1. The second-order valence-electron chi connectivity index (χ2n) is 4.68. The number of hydrogen-bond donors (Lipinski definition) is 0. The van der Waals surface area contributed by atoms with Gasteiger partial charge < -0.3 is 9.80 Å². The highest BCUT2D eigenvalue weighted by Gasteiger charge is 2.35. The highest BCUT2D eigenvalue weighted by Crippen LogP contribution is 2.38. The normalized spacial score (nSPS) is 15.2. The van der Waals surface area contributed by atoms with Crippen LogP contribution in [0.2, 0.25) is 5.02 Å². The fraction of sp³-hybridized carbons (Fsp3) is 0.417. The summed E-state index contributed by atoms with van der Waals surface area (Å²) in [5.74, 6) is 0. The number of nitrogens with zero attached hydrogens (tertiary/aromatic N) is 4.